The number of carboxylic acid groups (broad SMARTS) is 1. The molecule has 0 fully saturated rings. The predicted molar refractivity (Wildman–Crippen MR) is 81.7 cm³/mol. The molecule has 21 heavy (non-hydrogen) atoms. The van der Waals surface area contributed by atoms with Gasteiger partial charge in [-0.05, 0) is 35.9 Å². The van der Waals surface area contributed by atoms with Crippen molar-refractivity contribution < 1.29 is 9.90 Å². The molecule has 0 aliphatic carbocycles. The highest BCUT2D eigenvalue weighted by Crippen LogP contribution is 2.25. The number of carbonyl (C=O) groups is 1. The lowest BCUT2D eigenvalue weighted by Gasteiger charge is -2.21. The van der Waals surface area contributed by atoms with Crippen molar-refractivity contribution in [2.45, 2.75) is 6.54 Å². The molecular weight excluding hydrogens is 288 g/mol. The molecule has 0 aliphatic rings. The third kappa shape index (κ3) is 3.53. The second-order valence-corrected chi connectivity index (χ2v) is 5.07. The van der Waals surface area contributed by atoms with Crippen molar-refractivity contribution in [1.82, 2.24) is 0 Å². The van der Waals surface area contributed by atoms with Crippen molar-refractivity contribution in [2.75, 3.05) is 11.9 Å². The van der Waals surface area contributed by atoms with E-state index in [0.717, 1.165) is 5.56 Å². The first-order valence-electron chi connectivity index (χ1n) is 6.24. The number of hydrogen-bond acceptors (Lipinski definition) is 3. The van der Waals surface area contributed by atoms with Gasteiger partial charge in [0.2, 0.25) is 0 Å². The standard InChI is InChI=1S/C16H13ClN2O2/c1-19(10-12-4-2-3-11(7-12)9-18)15-8-13(17)5-6-14(15)16(20)21/h2-8H,10H2,1H3,(H,20,21). The van der Waals surface area contributed by atoms with Crippen LogP contribution in [0.2, 0.25) is 5.02 Å². The molecule has 2 aromatic rings. The van der Waals surface area contributed by atoms with Crippen LogP contribution in [0.15, 0.2) is 42.5 Å². The first-order chi connectivity index (χ1) is 10.0. The van der Waals surface area contributed by atoms with E-state index in [2.05, 4.69) is 6.07 Å². The first-order valence-corrected chi connectivity index (χ1v) is 6.62. The summed E-state index contributed by atoms with van der Waals surface area (Å²) >= 11 is 5.95. The van der Waals surface area contributed by atoms with Gasteiger partial charge in [0, 0.05) is 18.6 Å². The average molecular weight is 301 g/mol. The highest BCUT2D eigenvalue weighted by molar-refractivity contribution is 6.31. The molecule has 0 saturated heterocycles. The van der Waals surface area contributed by atoms with Crippen LogP contribution in [-0.4, -0.2) is 18.1 Å². The highest BCUT2D eigenvalue weighted by Gasteiger charge is 2.14. The Bertz CT molecular complexity index is 722. The van der Waals surface area contributed by atoms with E-state index in [-0.39, 0.29) is 5.56 Å². The Balaban J connectivity index is 2.32. The van der Waals surface area contributed by atoms with Crippen LogP contribution in [0.5, 0.6) is 0 Å². The highest BCUT2D eigenvalue weighted by atomic mass is 35.5. The number of nitriles is 1. The Kier molecular flexibility index (Phi) is 4.46. The monoisotopic (exact) mass is 300 g/mol. The van der Waals surface area contributed by atoms with Crippen molar-refractivity contribution >= 4 is 23.3 Å². The summed E-state index contributed by atoms with van der Waals surface area (Å²) in [6.07, 6.45) is 0. The van der Waals surface area contributed by atoms with Crippen molar-refractivity contribution in [3.63, 3.8) is 0 Å². The van der Waals surface area contributed by atoms with Gasteiger partial charge in [0.05, 0.1) is 22.9 Å². The van der Waals surface area contributed by atoms with Crippen molar-refractivity contribution in [3.8, 4) is 6.07 Å². The summed E-state index contributed by atoms with van der Waals surface area (Å²) in [4.78, 5) is 13.1. The summed E-state index contributed by atoms with van der Waals surface area (Å²) in [7, 11) is 1.79. The Hall–Kier alpha value is -2.51. The maximum absolute atomic E-state index is 11.3. The topological polar surface area (TPSA) is 64.3 Å². The van der Waals surface area contributed by atoms with Gasteiger partial charge in [-0.3, -0.25) is 0 Å². The molecular formula is C16H13ClN2O2. The minimum absolute atomic E-state index is 0.193. The molecule has 0 saturated carbocycles. The Labute approximate surface area is 127 Å². The van der Waals surface area contributed by atoms with Crippen molar-refractivity contribution in [1.29, 1.82) is 5.26 Å². The summed E-state index contributed by atoms with van der Waals surface area (Å²) in [5.41, 5.74) is 2.23. The third-order valence-corrected chi connectivity index (χ3v) is 3.31. The predicted octanol–water partition coefficient (Wildman–Crippen LogP) is 3.55. The molecule has 2 rings (SSSR count). The van der Waals surface area contributed by atoms with Gasteiger partial charge in [-0.2, -0.15) is 5.26 Å². The first kappa shape index (κ1) is 14.9. The third-order valence-electron chi connectivity index (χ3n) is 3.08. The fourth-order valence-corrected chi connectivity index (χ4v) is 2.27. The van der Waals surface area contributed by atoms with Crippen LogP contribution in [0.4, 0.5) is 5.69 Å². The van der Waals surface area contributed by atoms with Crippen LogP contribution >= 0.6 is 11.6 Å². The van der Waals surface area contributed by atoms with Crippen molar-refractivity contribution in [2.24, 2.45) is 0 Å². The Morgan fingerprint density at radius 2 is 2.10 bits per heavy atom. The summed E-state index contributed by atoms with van der Waals surface area (Å²) < 4.78 is 0. The van der Waals surface area contributed by atoms with Gasteiger partial charge in [-0.1, -0.05) is 23.7 Å². The van der Waals surface area contributed by atoms with Gasteiger partial charge in [0.15, 0.2) is 0 Å². The number of nitrogens with zero attached hydrogens (tertiary/aromatic N) is 2. The molecule has 0 spiro atoms. The number of anilines is 1. The van der Waals surface area contributed by atoms with Crippen molar-refractivity contribution in [3.05, 3.63) is 64.2 Å². The second kappa shape index (κ2) is 6.29. The van der Waals surface area contributed by atoms with Crippen LogP contribution in [0, 0.1) is 11.3 Å². The molecule has 5 heteroatoms. The van der Waals surface area contributed by atoms with E-state index in [1.165, 1.54) is 6.07 Å². The van der Waals surface area contributed by atoms with E-state index < -0.39 is 5.97 Å². The van der Waals surface area contributed by atoms with E-state index in [1.54, 1.807) is 42.3 Å². The molecule has 2 aromatic carbocycles. The SMILES string of the molecule is CN(Cc1cccc(C#N)c1)c1cc(Cl)ccc1C(=O)O. The van der Waals surface area contributed by atoms with E-state index in [0.29, 0.717) is 22.8 Å². The summed E-state index contributed by atoms with van der Waals surface area (Å²) in [5, 5.41) is 18.6. The molecule has 0 radical (unpaired) electrons. The number of rotatable bonds is 4. The van der Waals surface area contributed by atoms with Crippen LogP contribution < -0.4 is 4.90 Å². The smallest absolute Gasteiger partial charge is 0.337 e. The summed E-state index contributed by atoms with van der Waals surface area (Å²) in [6, 6.07) is 14.0. The summed E-state index contributed by atoms with van der Waals surface area (Å²) in [6.45, 7) is 0.482. The number of benzene rings is 2. The zero-order chi connectivity index (χ0) is 15.4. The molecule has 0 bridgehead atoms. The molecule has 0 amide bonds. The quantitative estimate of drug-likeness (QED) is 0.938. The number of hydrogen-bond donors (Lipinski definition) is 1. The normalized spacial score (nSPS) is 9.95. The van der Waals surface area contributed by atoms with Gasteiger partial charge >= 0.3 is 5.97 Å². The molecule has 0 aliphatic heterocycles. The largest absolute Gasteiger partial charge is 0.478 e. The zero-order valence-electron chi connectivity index (χ0n) is 11.4. The summed E-state index contributed by atoms with van der Waals surface area (Å²) in [5.74, 6) is -1.00. The minimum atomic E-state index is -1.00. The van der Waals surface area contributed by atoms with E-state index in [4.69, 9.17) is 16.9 Å². The van der Waals surface area contributed by atoms with Gasteiger partial charge in [0.25, 0.3) is 0 Å². The molecule has 4 nitrogen and oxygen atoms in total. The van der Waals surface area contributed by atoms with Crippen LogP contribution in [-0.2, 0) is 6.54 Å². The van der Waals surface area contributed by atoms with E-state index in [1.807, 2.05) is 6.07 Å². The van der Waals surface area contributed by atoms with Gasteiger partial charge in [-0.25, -0.2) is 4.79 Å². The van der Waals surface area contributed by atoms with Crippen LogP contribution in [0.1, 0.15) is 21.5 Å². The Morgan fingerprint density at radius 3 is 2.76 bits per heavy atom. The zero-order valence-corrected chi connectivity index (χ0v) is 12.1. The molecule has 0 heterocycles. The lowest BCUT2D eigenvalue weighted by molar-refractivity contribution is 0.0697. The molecule has 1 N–H and O–H groups in total. The van der Waals surface area contributed by atoms with E-state index >= 15 is 0 Å². The minimum Gasteiger partial charge on any atom is -0.478 e. The lowest BCUT2D eigenvalue weighted by atomic mass is 10.1. The fraction of sp³-hybridized carbons (Fsp3) is 0.125. The van der Waals surface area contributed by atoms with Gasteiger partial charge in [0.1, 0.15) is 0 Å². The van der Waals surface area contributed by atoms with Gasteiger partial charge < -0.3 is 10.0 Å². The average Bonchev–Trinajstić information content (AvgIpc) is 2.47. The fourth-order valence-electron chi connectivity index (χ4n) is 2.10. The van der Waals surface area contributed by atoms with Crippen LogP contribution in [0.3, 0.4) is 0 Å². The molecule has 0 aromatic heterocycles. The number of halogens is 1. The Morgan fingerprint density at radius 1 is 1.33 bits per heavy atom. The van der Waals surface area contributed by atoms with Crippen LogP contribution in [0.25, 0.3) is 0 Å². The molecule has 0 atom stereocenters. The maximum Gasteiger partial charge on any atom is 0.337 e. The number of carboxylic acids is 1. The lowest BCUT2D eigenvalue weighted by Crippen LogP contribution is -2.19. The van der Waals surface area contributed by atoms with E-state index in [9.17, 15) is 9.90 Å². The maximum atomic E-state index is 11.3. The van der Waals surface area contributed by atoms with Gasteiger partial charge in [-0.15, -0.1) is 0 Å². The molecule has 106 valence electrons. The molecule has 0 unspecified atom stereocenters. The number of aromatic carboxylic acids is 1. The second-order valence-electron chi connectivity index (χ2n) is 4.63.